The summed E-state index contributed by atoms with van der Waals surface area (Å²) in [7, 11) is 1.78. The van der Waals surface area contributed by atoms with Crippen LogP contribution in [0.15, 0.2) is 0 Å². The van der Waals surface area contributed by atoms with Crippen LogP contribution in [0.1, 0.15) is 26.2 Å². The molecule has 0 bridgehead atoms. The Morgan fingerprint density at radius 1 is 1.43 bits per heavy atom. The first-order valence-electron chi connectivity index (χ1n) is 5.58. The fourth-order valence-electron chi connectivity index (χ4n) is 1.87. The van der Waals surface area contributed by atoms with E-state index in [9.17, 15) is 0 Å². The Balaban J connectivity index is 2.25. The number of nitrogens with zero attached hydrogens (tertiary/aromatic N) is 1. The van der Waals surface area contributed by atoms with Crippen LogP contribution in [0.25, 0.3) is 0 Å². The van der Waals surface area contributed by atoms with E-state index in [0.717, 1.165) is 30.4 Å². The number of halogens is 1. The first-order chi connectivity index (χ1) is 6.79. The van der Waals surface area contributed by atoms with Gasteiger partial charge in [-0.25, -0.2) is 0 Å². The van der Waals surface area contributed by atoms with E-state index in [0.29, 0.717) is 0 Å². The van der Waals surface area contributed by atoms with Crippen molar-refractivity contribution in [2.24, 2.45) is 5.92 Å². The Kier molecular flexibility index (Phi) is 6.06. The lowest BCUT2D eigenvalue weighted by atomic mass is 10.2. The van der Waals surface area contributed by atoms with Gasteiger partial charge in [-0.05, 0) is 38.6 Å². The highest BCUT2D eigenvalue weighted by Gasteiger charge is 2.31. The Morgan fingerprint density at radius 3 is 2.64 bits per heavy atom. The van der Waals surface area contributed by atoms with E-state index in [4.69, 9.17) is 4.74 Å². The third-order valence-electron chi connectivity index (χ3n) is 3.04. The van der Waals surface area contributed by atoms with Crippen LogP contribution in [0.3, 0.4) is 0 Å². The molecule has 0 radical (unpaired) electrons. The van der Waals surface area contributed by atoms with E-state index in [2.05, 4.69) is 27.8 Å². The summed E-state index contributed by atoms with van der Waals surface area (Å²) in [6, 6.07) is 0.754. The molecule has 1 rings (SSSR count). The van der Waals surface area contributed by atoms with Crippen LogP contribution in [0.4, 0.5) is 0 Å². The zero-order valence-corrected chi connectivity index (χ0v) is 10.9. The van der Waals surface area contributed by atoms with Crippen molar-refractivity contribution in [3.05, 3.63) is 0 Å². The highest BCUT2D eigenvalue weighted by Crippen LogP contribution is 2.35. The molecular formula is C11H22BrNO. The average molecular weight is 264 g/mol. The summed E-state index contributed by atoms with van der Waals surface area (Å²) in [6.07, 6.45) is 4.10. The summed E-state index contributed by atoms with van der Waals surface area (Å²) in [5, 5.41) is 1.11. The summed E-state index contributed by atoms with van der Waals surface area (Å²) in [5.41, 5.74) is 0. The van der Waals surface area contributed by atoms with E-state index in [1.165, 1.54) is 25.8 Å². The smallest absolute Gasteiger partial charge is 0.0589 e. The van der Waals surface area contributed by atoms with Crippen molar-refractivity contribution in [3.63, 3.8) is 0 Å². The molecule has 0 spiro atoms. The predicted octanol–water partition coefficient (Wildman–Crippen LogP) is 2.52. The second-order valence-electron chi connectivity index (χ2n) is 4.15. The number of methoxy groups -OCH3 is 1. The lowest BCUT2D eigenvalue weighted by Gasteiger charge is -2.28. The molecule has 1 aliphatic rings. The zero-order chi connectivity index (χ0) is 10.4. The molecule has 0 heterocycles. The minimum Gasteiger partial charge on any atom is -0.383 e. The van der Waals surface area contributed by atoms with Crippen molar-refractivity contribution >= 4 is 15.9 Å². The third-order valence-corrected chi connectivity index (χ3v) is 3.60. The van der Waals surface area contributed by atoms with Crippen LogP contribution >= 0.6 is 15.9 Å². The third kappa shape index (κ3) is 4.28. The molecule has 1 saturated carbocycles. The zero-order valence-electron chi connectivity index (χ0n) is 9.34. The molecule has 0 saturated heterocycles. The van der Waals surface area contributed by atoms with Gasteiger partial charge in [0.1, 0.15) is 0 Å². The van der Waals surface area contributed by atoms with Gasteiger partial charge in [0.2, 0.25) is 0 Å². The van der Waals surface area contributed by atoms with Gasteiger partial charge in [-0.1, -0.05) is 15.9 Å². The molecule has 0 aliphatic heterocycles. The predicted molar refractivity (Wildman–Crippen MR) is 64.0 cm³/mol. The maximum atomic E-state index is 5.15. The van der Waals surface area contributed by atoms with Gasteiger partial charge in [-0.2, -0.15) is 0 Å². The first-order valence-corrected chi connectivity index (χ1v) is 6.70. The quantitative estimate of drug-likeness (QED) is 0.625. The molecule has 0 aromatic carbocycles. The second-order valence-corrected chi connectivity index (χ2v) is 4.94. The molecule has 1 aliphatic carbocycles. The van der Waals surface area contributed by atoms with Crippen molar-refractivity contribution in [1.29, 1.82) is 0 Å². The molecule has 0 N–H and O–H groups in total. The van der Waals surface area contributed by atoms with Crippen LogP contribution in [0, 0.1) is 5.92 Å². The van der Waals surface area contributed by atoms with E-state index in [-0.39, 0.29) is 0 Å². The average Bonchev–Trinajstić information content (AvgIpc) is 3.00. The van der Waals surface area contributed by atoms with Crippen molar-refractivity contribution in [3.8, 4) is 0 Å². The number of rotatable bonds is 8. The lowest BCUT2D eigenvalue weighted by Crippen LogP contribution is -2.38. The van der Waals surface area contributed by atoms with E-state index in [1.54, 1.807) is 7.11 Å². The minimum absolute atomic E-state index is 0.754. The van der Waals surface area contributed by atoms with Gasteiger partial charge in [0.15, 0.2) is 0 Å². The highest BCUT2D eigenvalue weighted by atomic mass is 79.9. The van der Waals surface area contributed by atoms with Crippen molar-refractivity contribution < 1.29 is 4.74 Å². The fourth-order valence-corrected chi connectivity index (χ4v) is 2.12. The van der Waals surface area contributed by atoms with Crippen LogP contribution < -0.4 is 0 Å². The summed E-state index contributed by atoms with van der Waals surface area (Å²) in [4.78, 5) is 2.57. The fraction of sp³-hybridized carbons (Fsp3) is 1.00. The van der Waals surface area contributed by atoms with E-state index in [1.807, 2.05) is 0 Å². The van der Waals surface area contributed by atoms with Crippen LogP contribution in [0.5, 0.6) is 0 Å². The van der Waals surface area contributed by atoms with Gasteiger partial charge in [-0.3, -0.25) is 4.90 Å². The highest BCUT2D eigenvalue weighted by molar-refractivity contribution is 9.09. The van der Waals surface area contributed by atoms with E-state index < -0.39 is 0 Å². The normalized spacial score (nSPS) is 18.9. The molecule has 0 aromatic heterocycles. The number of alkyl halides is 1. The second kappa shape index (κ2) is 6.81. The number of ether oxygens (including phenoxy) is 1. The molecule has 0 amide bonds. The largest absolute Gasteiger partial charge is 0.383 e. The molecule has 1 fully saturated rings. The molecular weight excluding hydrogens is 242 g/mol. The monoisotopic (exact) mass is 263 g/mol. The standard InChI is InChI=1S/C11H22BrNO/c1-10(11-4-5-11)13(7-3-6-12)8-9-14-2/h10-11H,3-9H2,1-2H3. The van der Waals surface area contributed by atoms with Crippen LogP contribution in [-0.4, -0.2) is 43.1 Å². The van der Waals surface area contributed by atoms with Gasteiger partial charge < -0.3 is 4.74 Å². The number of hydrogen-bond acceptors (Lipinski definition) is 2. The van der Waals surface area contributed by atoms with Crippen LogP contribution in [0.2, 0.25) is 0 Å². The minimum atomic E-state index is 0.754. The Labute approximate surface area is 96.1 Å². The lowest BCUT2D eigenvalue weighted by molar-refractivity contribution is 0.117. The summed E-state index contributed by atoms with van der Waals surface area (Å²) >= 11 is 3.49. The molecule has 2 nitrogen and oxygen atoms in total. The molecule has 1 unspecified atom stereocenters. The molecule has 84 valence electrons. The SMILES string of the molecule is COCCN(CCCBr)C(C)C1CC1. The maximum absolute atomic E-state index is 5.15. The van der Waals surface area contributed by atoms with Gasteiger partial charge in [0.25, 0.3) is 0 Å². The Hall–Kier alpha value is 0.400. The number of hydrogen-bond donors (Lipinski definition) is 0. The van der Waals surface area contributed by atoms with Gasteiger partial charge in [-0.15, -0.1) is 0 Å². The molecule has 0 aromatic rings. The molecule has 14 heavy (non-hydrogen) atoms. The topological polar surface area (TPSA) is 12.5 Å². The summed E-state index contributed by atoms with van der Waals surface area (Å²) < 4.78 is 5.15. The van der Waals surface area contributed by atoms with Crippen LogP contribution in [-0.2, 0) is 4.74 Å². The first kappa shape index (κ1) is 12.5. The van der Waals surface area contributed by atoms with Crippen molar-refractivity contribution in [2.45, 2.75) is 32.2 Å². The Morgan fingerprint density at radius 2 is 2.14 bits per heavy atom. The summed E-state index contributed by atoms with van der Waals surface area (Å²) in [6.45, 7) is 5.51. The molecule has 3 heteroatoms. The maximum Gasteiger partial charge on any atom is 0.0589 e. The van der Waals surface area contributed by atoms with E-state index >= 15 is 0 Å². The van der Waals surface area contributed by atoms with Crippen molar-refractivity contribution in [2.75, 3.05) is 32.1 Å². The Bertz CT molecular complexity index is 142. The van der Waals surface area contributed by atoms with Gasteiger partial charge in [0.05, 0.1) is 6.61 Å². The molecule has 1 atom stereocenters. The van der Waals surface area contributed by atoms with Gasteiger partial charge >= 0.3 is 0 Å². The van der Waals surface area contributed by atoms with Gasteiger partial charge in [0, 0.05) is 25.0 Å². The summed E-state index contributed by atoms with van der Waals surface area (Å²) in [5.74, 6) is 0.960. The van der Waals surface area contributed by atoms with Crippen molar-refractivity contribution in [1.82, 2.24) is 4.90 Å².